The number of nitrogens with one attached hydrogen (secondary N) is 1. The summed E-state index contributed by atoms with van der Waals surface area (Å²) in [5.41, 5.74) is 9.10. The van der Waals surface area contributed by atoms with Gasteiger partial charge in [0.05, 0.1) is 11.3 Å². The third kappa shape index (κ3) is 2.93. The highest BCUT2D eigenvalue weighted by Gasteiger charge is 2.17. The molecule has 0 heterocycles. The minimum atomic E-state index is -0.626. The van der Waals surface area contributed by atoms with Crippen LogP contribution in [0.5, 0.6) is 0 Å². The molecule has 4 nitrogen and oxygen atoms in total. The van der Waals surface area contributed by atoms with Crippen LogP contribution in [0.3, 0.4) is 0 Å². The van der Waals surface area contributed by atoms with Crippen LogP contribution in [0.15, 0.2) is 42.1 Å². The SMILES string of the molecule is CN(NC(=O)c1c(N)cccc1F)C1=CCCC=C1. The Morgan fingerprint density at radius 1 is 1.42 bits per heavy atom. The molecule has 5 heteroatoms. The number of rotatable bonds is 3. The Balaban J connectivity index is 2.13. The third-order valence-electron chi connectivity index (χ3n) is 2.90. The van der Waals surface area contributed by atoms with E-state index in [-0.39, 0.29) is 11.3 Å². The molecular formula is C14H16FN3O. The van der Waals surface area contributed by atoms with Gasteiger partial charge in [-0.3, -0.25) is 15.2 Å². The number of benzene rings is 1. The van der Waals surface area contributed by atoms with Crippen molar-refractivity contribution in [3.63, 3.8) is 0 Å². The van der Waals surface area contributed by atoms with Gasteiger partial charge in [0.1, 0.15) is 5.82 Å². The summed E-state index contributed by atoms with van der Waals surface area (Å²) in [6, 6.07) is 4.18. The standard InChI is InChI=1S/C14H16FN3O/c1-18(10-6-3-2-4-7-10)17-14(19)13-11(15)8-5-9-12(13)16/h3,5-9H,2,4,16H2,1H3,(H,17,19). The Bertz CT molecular complexity index is 531. The van der Waals surface area contributed by atoms with Crippen molar-refractivity contribution in [3.05, 3.63) is 53.5 Å². The summed E-state index contributed by atoms with van der Waals surface area (Å²) in [4.78, 5) is 12.0. The highest BCUT2D eigenvalue weighted by molar-refractivity contribution is 5.99. The van der Waals surface area contributed by atoms with Crippen LogP contribution in [0.25, 0.3) is 0 Å². The first-order chi connectivity index (χ1) is 9.09. The van der Waals surface area contributed by atoms with Crippen LogP contribution in [0.4, 0.5) is 10.1 Å². The molecule has 0 atom stereocenters. The number of hydrogen-bond donors (Lipinski definition) is 2. The Hall–Kier alpha value is -2.30. The van der Waals surface area contributed by atoms with Crippen LogP contribution in [0, 0.1) is 5.82 Å². The molecule has 1 amide bonds. The number of likely N-dealkylation sites (N-methyl/N-ethyl adjacent to an activating group) is 1. The van der Waals surface area contributed by atoms with Crippen molar-refractivity contribution in [1.82, 2.24) is 10.4 Å². The molecule has 1 aromatic carbocycles. The van der Waals surface area contributed by atoms with Gasteiger partial charge in [-0.1, -0.05) is 18.2 Å². The first-order valence-electron chi connectivity index (χ1n) is 6.05. The molecule has 0 spiro atoms. The maximum absolute atomic E-state index is 13.6. The Morgan fingerprint density at radius 2 is 2.21 bits per heavy atom. The smallest absolute Gasteiger partial charge is 0.274 e. The van der Waals surface area contributed by atoms with Gasteiger partial charge in [-0.2, -0.15) is 0 Å². The maximum Gasteiger partial charge on any atom is 0.274 e. The van der Waals surface area contributed by atoms with E-state index >= 15 is 0 Å². The van der Waals surface area contributed by atoms with Crippen molar-refractivity contribution in [2.45, 2.75) is 12.8 Å². The van der Waals surface area contributed by atoms with Crippen LogP contribution in [0.2, 0.25) is 0 Å². The summed E-state index contributed by atoms with van der Waals surface area (Å²) in [7, 11) is 1.70. The largest absolute Gasteiger partial charge is 0.398 e. The number of nitrogens with two attached hydrogens (primary N) is 1. The van der Waals surface area contributed by atoms with E-state index in [9.17, 15) is 9.18 Å². The molecule has 100 valence electrons. The van der Waals surface area contributed by atoms with Crippen molar-refractivity contribution < 1.29 is 9.18 Å². The highest BCUT2D eigenvalue weighted by Crippen LogP contribution is 2.16. The number of nitrogen functional groups attached to an aromatic ring is 1. The second-order valence-electron chi connectivity index (χ2n) is 4.31. The van der Waals surface area contributed by atoms with Gasteiger partial charge in [0.15, 0.2) is 0 Å². The van der Waals surface area contributed by atoms with E-state index in [1.165, 1.54) is 18.2 Å². The molecule has 3 N–H and O–H groups in total. The topological polar surface area (TPSA) is 58.4 Å². The lowest BCUT2D eigenvalue weighted by Crippen LogP contribution is -2.39. The molecule has 0 radical (unpaired) electrons. The fourth-order valence-corrected chi connectivity index (χ4v) is 1.90. The van der Waals surface area contributed by atoms with Crippen molar-refractivity contribution in [1.29, 1.82) is 0 Å². The normalized spacial score (nSPS) is 13.9. The van der Waals surface area contributed by atoms with Crippen LogP contribution >= 0.6 is 0 Å². The third-order valence-corrected chi connectivity index (χ3v) is 2.90. The molecule has 1 aliphatic rings. The first-order valence-corrected chi connectivity index (χ1v) is 6.05. The number of carbonyl (C=O) groups is 1. The number of carbonyl (C=O) groups excluding carboxylic acids is 1. The Labute approximate surface area is 111 Å². The zero-order chi connectivity index (χ0) is 13.8. The van der Waals surface area contributed by atoms with E-state index in [0.717, 1.165) is 18.5 Å². The molecule has 0 aliphatic heterocycles. The van der Waals surface area contributed by atoms with Gasteiger partial charge in [0.2, 0.25) is 0 Å². The molecule has 0 bridgehead atoms. The van der Waals surface area contributed by atoms with Crippen molar-refractivity contribution in [2.24, 2.45) is 0 Å². The van der Waals surface area contributed by atoms with Crippen molar-refractivity contribution in [3.8, 4) is 0 Å². The number of hydrogen-bond acceptors (Lipinski definition) is 3. The molecule has 0 saturated carbocycles. The second kappa shape index (κ2) is 5.56. The number of halogens is 1. The lowest BCUT2D eigenvalue weighted by molar-refractivity contribution is 0.0862. The van der Waals surface area contributed by atoms with Gasteiger partial charge >= 0.3 is 0 Å². The summed E-state index contributed by atoms with van der Waals surface area (Å²) in [6.07, 6.45) is 7.86. The van der Waals surface area contributed by atoms with E-state index < -0.39 is 11.7 Å². The average molecular weight is 261 g/mol. The minimum absolute atomic E-state index is 0.124. The minimum Gasteiger partial charge on any atom is -0.398 e. The second-order valence-corrected chi connectivity index (χ2v) is 4.31. The van der Waals surface area contributed by atoms with E-state index in [0.29, 0.717) is 0 Å². The zero-order valence-corrected chi connectivity index (χ0v) is 10.7. The predicted octanol–water partition coefficient (Wildman–Crippen LogP) is 2.22. The fraction of sp³-hybridized carbons (Fsp3) is 0.214. The summed E-state index contributed by atoms with van der Waals surface area (Å²) < 4.78 is 13.6. The maximum atomic E-state index is 13.6. The molecule has 19 heavy (non-hydrogen) atoms. The molecule has 0 saturated heterocycles. The predicted molar refractivity (Wildman–Crippen MR) is 72.5 cm³/mol. The molecule has 1 aromatic rings. The van der Waals surface area contributed by atoms with Gasteiger partial charge < -0.3 is 5.73 Å². The van der Waals surface area contributed by atoms with Gasteiger partial charge in [0.25, 0.3) is 5.91 Å². The quantitative estimate of drug-likeness (QED) is 0.648. The first kappa shape index (κ1) is 13.1. The van der Waals surface area contributed by atoms with Crippen molar-refractivity contribution >= 4 is 11.6 Å². The van der Waals surface area contributed by atoms with E-state index in [1.807, 2.05) is 18.2 Å². The summed E-state index contributed by atoms with van der Waals surface area (Å²) >= 11 is 0. The van der Waals surface area contributed by atoms with Gasteiger partial charge in [-0.05, 0) is 31.1 Å². The van der Waals surface area contributed by atoms with Crippen molar-refractivity contribution in [2.75, 3.05) is 12.8 Å². The molecule has 0 unspecified atom stereocenters. The molecular weight excluding hydrogens is 245 g/mol. The lowest BCUT2D eigenvalue weighted by atomic mass is 10.1. The van der Waals surface area contributed by atoms with Gasteiger partial charge in [-0.15, -0.1) is 0 Å². The zero-order valence-electron chi connectivity index (χ0n) is 10.7. The number of nitrogens with zero attached hydrogens (tertiary/aromatic N) is 1. The van der Waals surface area contributed by atoms with Crippen LogP contribution < -0.4 is 11.2 Å². The summed E-state index contributed by atoms with van der Waals surface area (Å²) in [5.74, 6) is -1.18. The van der Waals surface area contributed by atoms with Crippen LogP contribution in [-0.2, 0) is 0 Å². The molecule has 2 rings (SSSR count). The Kier molecular flexibility index (Phi) is 3.85. The number of anilines is 1. The van der Waals surface area contributed by atoms with Crippen LogP contribution in [0.1, 0.15) is 23.2 Å². The summed E-state index contributed by atoms with van der Waals surface area (Å²) in [6.45, 7) is 0. The number of hydrazine groups is 1. The van der Waals surface area contributed by atoms with Crippen LogP contribution in [-0.4, -0.2) is 18.0 Å². The van der Waals surface area contributed by atoms with E-state index in [4.69, 9.17) is 5.73 Å². The number of amides is 1. The Morgan fingerprint density at radius 3 is 2.84 bits per heavy atom. The number of allylic oxidation sites excluding steroid dienone is 3. The fourth-order valence-electron chi connectivity index (χ4n) is 1.90. The lowest BCUT2D eigenvalue weighted by Gasteiger charge is -2.23. The monoisotopic (exact) mass is 261 g/mol. The molecule has 0 aromatic heterocycles. The van der Waals surface area contributed by atoms with E-state index in [2.05, 4.69) is 5.43 Å². The van der Waals surface area contributed by atoms with Gasteiger partial charge in [0, 0.05) is 12.7 Å². The van der Waals surface area contributed by atoms with E-state index in [1.54, 1.807) is 12.1 Å². The average Bonchev–Trinajstić information content (AvgIpc) is 2.39. The highest BCUT2D eigenvalue weighted by atomic mass is 19.1. The molecule has 1 aliphatic carbocycles. The molecule has 0 fully saturated rings. The van der Waals surface area contributed by atoms with Gasteiger partial charge in [-0.25, -0.2) is 4.39 Å². The summed E-state index contributed by atoms with van der Waals surface area (Å²) in [5, 5.41) is 1.56.